The first-order chi connectivity index (χ1) is 4.22. The molecule has 0 aliphatic rings. The van der Waals surface area contributed by atoms with Crippen molar-refractivity contribution in [1.29, 1.82) is 0 Å². The molecule has 0 aliphatic carbocycles. The fraction of sp³-hybridized carbons (Fsp3) is 0.600. The molecule has 0 aromatic rings. The van der Waals surface area contributed by atoms with Gasteiger partial charge in [0.1, 0.15) is 5.71 Å². The summed E-state index contributed by atoms with van der Waals surface area (Å²) in [6.45, 7) is 1.57. The fourth-order valence-corrected chi connectivity index (χ4v) is 0.361. The second-order valence-corrected chi connectivity index (χ2v) is 1.41. The summed E-state index contributed by atoms with van der Waals surface area (Å²) in [6.07, 6.45) is 0. The van der Waals surface area contributed by atoms with Crippen LogP contribution in [-0.4, -0.2) is 25.8 Å². The molecule has 0 bridgehead atoms. The van der Waals surface area contributed by atoms with E-state index in [-0.39, 0.29) is 1.43 Å². The molecule has 9 heavy (non-hydrogen) atoms. The van der Waals surface area contributed by atoms with Crippen LogP contribution in [0.15, 0.2) is 5.10 Å². The minimum absolute atomic E-state index is 0. The number of esters is 1. The molecule has 0 atom stereocenters. The Morgan fingerprint density at radius 2 is 2.33 bits per heavy atom. The van der Waals surface area contributed by atoms with Crippen LogP contribution >= 0.6 is 0 Å². The van der Waals surface area contributed by atoms with Crippen molar-refractivity contribution < 1.29 is 11.0 Å². The van der Waals surface area contributed by atoms with Crippen molar-refractivity contribution in [2.75, 3.05) is 14.2 Å². The summed E-state index contributed by atoms with van der Waals surface area (Å²) in [7, 11) is 2.93. The molecule has 0 unspecified atom stereocenters. The molecule has 0 heterocycles. The van der Waals surface area contributed by atoms with Crippen LogP contribution in [-0.2, 0) is 9.53 Å². The van der Waals surface area contributed by atoms with Crippen LogP contribution in [0, 0.1) is 0 Å². The van der Waals surface area contributed by atoms with E-state index in [1.54, 1.807) is 14.0 Å². The van der Waals surface area contributed by atoms with E-state index in [4.69, 9.17) is 0 Å². The van der Waals surface area contributed by atoms with Gasteiger partial charge in [-0.05, 0) is 6.92 Å². The molecule has 0 rings (SSSR count). The zero-order valence-electron chi connectivity index (χ0n) is 5.76. The fourth-order valence-electron chi connectivity index (χ4n) is 0.361. The Morgan fingerprint density at radius 1 is 1.78 bits per heavy atom. The van der Waals surface area contributed by atoms with Gasteiger partial charge in [0.05, 0.1) is 7.11 Å². The van der Waals surface area contributed by atoms with E-state index in [0.717, 1.165) is 0 Å². The normalized spacial score (nSPS) is 10.8. The van der Waals surface area contributed by atoms with Gasteiger partial charge in [0.2, 0.25) is 0 Å². The average Bonchev–Trinajstić information content (AvgIpc) is 1.87. The van der Waals surface area contributed by atoms with Crippen molar-refractivity contribution >= 4 is 11.7 Å². The molecule has 0 aliphatic heterocycles. The Labute approximate surface area is 55.4 Å². The summed E-state index contributed by atoms with van der Waals surface area (Å²) in [6, 6.07) is 0. The van der Waals surface area contributed by atoms with Crippen molar-refractivity contribution in [3.63, 3.8) is 0 Å². The molecule has 0 spiro atoms. The lowest BCUT2D eigenvalue weighted by molar-refractivity contribution is -0.132. The third-order valence-corrected chi connectivity index (χ3v) is 0.760. The summed E-state index contributed by atoms with van der Waals surface area (Å²) in [5.41, 5.74) is 2.79. The SMILES string of the molecule is CN/N=C(\C)C(=O)OC.[HH]. The van der Waals surface area contributed by atoms with Gasteiger partial charge in [0.25, 0.3) is 0 Å². The van der Waals surface area contributed by atoms with Crippen molar-refractivity contribution in [1.82, 2.24) is 5.43 Å². The summed E-state index contributed by atoms with van der Waals surface area (Å²) in [5, 5.41) is 3.59. The first kappa shape index (κ1) is 7.94. The van der Waals surface area contributed by atoms with Crippen molar-refractivity contribution in [2.45, 2.75) is 6.92 Å². The van der Waals surface area contributed by atoms with E-state index in [0.29, 0.717) is 5.71 Å². The predicted molar refractivity (Wildman–Crippen MR) is 36.3 cm³/mol. The maximum absolute atomic E-state index is 10.5. The molecule has 1 N–H and O–H groups in total. The van der Waals surface area contributed by atoms with Crippen molar-refractivity contribution in [3.8, 4) is 0 Å². The smallest absolute Gasteiger partial charge is 0.353 e. The van der Waals surface area contributed by atoms with Crippen LogP contribution in [0.3, 0.4) is 0 Å². The molecule has 0 saturated heterocycles. The minimum Gasteiger partial charge on any atom is -0.464 e. The highest BCUT2D eigenvalue weighted by molar-refractivity contribution is 6.35. The van der Waals surface area contributed by atoms with Gasteiger partial charge in [-0.1, -0.05) is 0 Å². The number of hydrogen-bond donors (Lipinski definition) is 1. The summed E-state index contributed by atoms with van der Waals surface area (Å²) in [5.74, 6) is -0.413. The van der Waals surface area contributed by atoms with E-state index in [1.807, 2.05) is 0 Å². The molecular weight excluding hydrogens is 120 g/mol. The van der Waals surface area contributed by atoms with Crippen LogP contribution in [0.2, 0.25) is 0 Å². The quantitative estimate of drug-likeness (QED) is 0.327. The van der Waals surface area contributed by atoms with Gasteiger partial charge in [-0.15, -0.1) is 0 Å². The highest BCUT2D eigenvalue weighted by atomic mass is 16.5. The Balaban J connectivity index is 0. The van der Waals surface area contributed by atoms with E-state index in [1.165, 1.54) is 7.11 Å². The van der Waals surface area contributed by atoms with Gasteiger partial charge in [-0.3, -0.25) is 0 Å². The van der Waals surface area contributed by atoms with Crippen LogP contribution in [0.1, 0.15) is 8.35 Å². The number of nitrogens with one attached hydrogen (secondary N) is 1. The predicted octanol–water partition coefficient (Wildman–Crippen LogP) is 0.000700. The van der Waals surface area contributed by atoms with Crippen LogP contribution < -0.4 is 5.43 Å². The van der Waals surface area contributed by atoms with Crippen molar-refractivity contribution in [2.24, 2.45) is 5.10 Å². The van der Waals surface area contributed by atoms with Gasteiger partial charge in [0.15, 0.2) is 0 Å². The maximum Gasteiger partial charge on any atom is 0.353 e. The van der Waals surface area contributed by atoms with E-state index < -0.39 is 5.97 Å². The molecule has 4 heteroatoms. The van der Waals surface area contributed by atoms with Gasteiger partial charge in [-0.25, -0.2) is 4.79 Å². The van der Waals surface area contributed by atoms with Crippen LogP contribution in [0.5, 0.6) is 0 Å². The van der Waals surface area contributed by atoms with Gasteiger partial charge >= 0.3 is 5.97 Å². The number of rotatable bonds is 2. The topological polar surface area (TPSA) is 50.7 Å². The summed E-state index contributed by atoms with van der Waals surface area (Å²) < 4.78 is 4.35. The third-order valence-electron chi connectivity index (χ3n) is 0.760. The Hall–Kier alpha value is -1.06. The second-order valence-electron chi connectivity index (χ2n) is 1.41. The first-order valence-electron chi connectivity index (χ1n) is 2.51. The number of nitrogens with zero attached hydrogens (tertiary/aromatic N) is 1. The van der Waals surface area contributed by atoms with Crippen molar-refractivity contribution in [3.05, 3.63) is 0 Å². The molecule has 0 amide bonds. The lowest BCUT2D eigenvalue weighted by Crippen LogP contribution is -2.14. The average molecular weight is 132 g/mol. The number of methoxy groups -OCH3 is 1. The molecule has 0 aromatic heterocycles. The van der Waals surface area contributed by atoms with E-state index in [9.17, 15) is 4.79 Å². The lowest BCUT2D eigenvalue weighted by atomic mass is 10.4. The third kappa shape index (κ3) is 2.69. The van der Waals surface area contributed by atoms with E-state index in [2.05, 4.69) is 15.3 Å². The van der Waals surface area contributed by atoms with Crippen LogP contribution in [0.25, 0.3) is 0 Å². The molecule has 0 saturated carbocycles. The number of hydrogen-bond acceptors (Lipinski definition) is 4. The molecule has 54 valence electrons. The number of hydrazone groups is 1. The Morgan fingerprint density at radius 3 is 2.67 bits per heavy atom. The first-order valence-corrected chi connectivity index (χ1v) is 2.51. The highest BCUT2D eigenvalue weighted by Crippen LogP contribution is 1.77. The standard InChI is InChI=1S/C5H10N2O2.H2/c1-4(7-6-2)5(8)9-3;/h6H,1-3H3;1H/b7-4+;. The largest absolute Gasteiger partial charge is 0.464 e. The summed E-state index contributed by atoms with van der Waals surface area (Å²) >= 11 is 0. The maximum atomic E-state index is 10.5. The van der Waals surface area contributed by atoms with E-state index >= 15 is 0 Å². The lowest BCUT2D eigenvalue weighted by Gasteiger charge is -1.95. The minimum atomic E-state index is -0.413. The Kier molecular flexibility index (Phi) is 3.43. The number of ether oxygens (including phenoxy) is 1. The van der Waals surface area contributed by atoms with Gasteiger partial charge < -0.3 is 10.2 Å². The zero-order valence-corrected chi connectivity index (χ0v) is 5.76. The Bertz CT molecular complexity index is 136. The number of carbonyl (C=O) groups is 1. The molecular formula is C5H12N2O2. The molecule has 0 fully saturated rings. The van der Waals surface area contributed by atoms with Gasteiger partial charge in [-0.2, -0.15) is 5.10 Å². The van der Waals surface area contributed by atoms with Crippen LogP contribution in [0.4, 0.5) is 0 Å². The molecule has 0 radical (unpaired) electrons. The van der Waals surface area contributed by atoms with Gasteiger partial charge in [0, 0.05) is 8.47 Å². The monoisotopic (exact) mass is 132 g/mol. The zero-order chi connectivity index (χ0) is 7.28. The second kappa shape index (κ2) is 3.88. The number of carbonyl (C=O) groups excluding carboxylic acids is 1. The molecule has 0 aromatic carbocycles. The molecule has 4 nitrogen and oxygen atoms in total. The summed E-state index contributed by atoms with van der Waals surface area (Å²) in [4.78, 5) is 10.5. The highest BCUT2D eigenvalue weighted by Gasteiger charge is 2.02.